The number of nitrogen functional groups attached to an aromatic ring is 1. The number of ether oxygens (including phenoxy) is 1. The Kier molecular flexibility index (Phi) is 4.15. The van der Waals surface area contributed by atoms with Crippen LogP contribution < -0.4 is 11.5 Å². The summed E-state index contributed by atoms with van der Waals surface area (Å²) in [6.07, 6.45) is 0. The molecule has 0 atom stereocenters. The zero-order valence-electron chi connectivity index (χ0n) is 10.5. The largest absolute Gasteiger partial charge is 0.399 e. The van der Waals surface area contributed by atoms with Crippen LogP contribution in [-0.2, 0) is 18.0 Å². The maximum Gasteiger partial charge on any atom is 0.249 e. The SMILES string of the molecule is NC(=O)c1ccccc1COCc1ccc(N)cc1. The first-order valence-electron chi connectivity index (χ1n) is 5.96. The molecule has 0 aliphatic heterocycles. The van der Waals surface area contributed by atoms with Crippen LogP contribution in [0.4, 0.5) is 5.69 Å². The fraction of sp³-hybridized carbons (Fsp3) is 0.133. The van der Waals surface area contributed by atoms with Crippen molar-refractivity contribution in [2.24, 2.45) is 5.73 Å². The summed E-state index contributed by atoms with van der Waals surface area (Å²) in [5.41, 5.74) is 14.0. The quantitative estimate of drug-likeness (QED) is 0.804. The van der Waals surface area contributed by atoms with Crippen LogP contribution in [-0.4, -0.2) is 5.91 Å². The standard InChI is InChI=1S/C15H16N2O2/c16-13-7-5-11(6-8-13)9-19-10-12-3-1-2-4-14(12)15(17)18/h1-8H,9-10,16H2,(H2,17,18). The molecule has 0 spiro atoms. The lowest BCUT2D eigenvalue weighted by Crippen LogP contribution is -2.14. The van der Waals surface area contributed by atoms with Gasteiger partial charge < -0.3 is 16.2 Å². The van der Waals surface area contributed by atoms with Crippen molar-refractivity contribution in [1.29, 1.82) is 0 Å². The lowest BCUT2D eigenvalue weighted by atomic mass is 10.1. The molecule has 98 valence electrons. The van der Waals surface area contributed by atoms with E-state index in [-0.39, 0.29) is 0 Å². The van der Waals surface area contributed by atoms with Crippen molar-refractivity contribution in [3.63, 3.8) is 0 Å². The van der Waals surface area contributed by atoms with Crippen molar-refractivity contribution in [3.05, 3.63) is 65.2 Å². The number of primary amides is 1. The van der Waals surface area contributed by atoms with E-state index in [2.05, 4.69) is 0 Å². The molecule has 4 heteroatoms. The third kappa shape index (κ3) is 3.56. The highest BCUT2D eigenvalue weighted by Crippen LogP contribution is 2.12. The molecule has 0 radical (unpaired) electrons. The lowest BCUT2D eigenvalue weighted by Gasteiger charge is -2.08. The molecule has 2 aromatic carbocycles. The molecule has 0 fully saturated rings. The average molecular weight is 256 g/mol. The molecule has 0 heterocycles. The van der Waals surface area contributed by atoms with Gasteiger partial charge in [0.05, 0.1) is 13.2 Å². The molecule has 0 bridgehead atoms. The number of rotatable bonds is 5. The van der Waals surface area contributed by atoms with Crippen LogP contribution in [0.2, 0.25) is 0 Å². The van der Waals surface area contributed by atoms with Gasteiger partial charge in [-0.05, 0) is 29.3 Å². The maximum absolute atomic E-state index is 11.2. The second kappa shape index (κ2) is 6.02. The summed E-state index contributed by atoms with van der Waals surface area (Å²) < 4.78 is 5.59. The molecule has 0 aliphatic carbocycles. The smallest absolute Gasteiger partial charge is 0.249 e. The molecular weight excluding hydrogens is 240 g/mol. The summed E-state index contributed by atoms with van der Waals surface area (Å²) in [5.74, 6) is -0.438. The topological polar surface area (TPSA) is 78.3 Å². The van der Waals surface area contributed by atoms with E-state index in [0.29, 0.717) is 18.8 Å². The Morgan fingerprint density at radius 1 is 1.00 bits per heavy atom. The van der Waals surface area contributed by atoms with E-state index in [1.54, 1.807) is 12.1 Å². The summed E-state index contributed by atoms with van der Waals surface area (Å²) >= 11 is 0. The zero-order chi connectivity index (χ0) is 13.7. The van der Waals surface area contributed by atoms with E-state index in [9.17, 15) is 4.79 Å². The highest BCUT2D eigenvalue weighted by Gasteiger charge is 2.06. The number of anilines is 1. The molecule has 0 saturated heterocycles. The first-order valence-corrected chi connectivity index (χ1v) is 5.96. The number of hydrogen-bond donors (Lipinski definition) is 2. The van der Waals surface area contributed by atoms with Crippen molar-refractivity contribution in [2.45, 2.75) is 13.2 Å². The third-order valence-corrected chi connectivity index (χ3v) is 2.79. The van der Waals surface area contributed by atoms with Crippen molar-refractivity contribution >= 4 is 11.6 Å². The van der Waals surface area contributed by atoms with E-state index in [0.717, 1.165) is 16.8 Å². The maximum atomic E-state index is 11.2. The number of nitrogens with two attached hydrogens (primary N) is 2. The lowest BCUT2D eigenvalue weighted by molar-refractivity contribution is 0.0966. The van der Waals surface area contributed by atoms with Gasteiger partial charge in [-0.25, -0.2) is 0 Å². The van der Waals surface area contributed by atoms with Crippen molar-refractivity contribution < 1.29 is 9.53 Å². The van der Waals surface area contributed by atoms with Gasteiger partial charge in [0.15, 0.2) is 0 Å². The predicted octanol–water partition coefficient (Wildman–Crippen LogP) is 2.08. The number of amides is 1. The highest BCUT2D eigenvalue weighted by atomic mass is 16.5. The van der Waals surface area contributed by atoms with Crippen LogP contribution in [0.5, 0.6) is 0 Å². The van der Waals surface area contributed by atoms with Gasteiger partial charge in [-0.3, -0.25) is 4.79 Å². The summed E-state index contributed by atoms with van der Waals surface area (Å²) in [4.78, 5) is 11.2. The third-order valence-electron chi connectivity index (χ3n) is 2.79. The van der Waals surface area contributed by atoms with Gasteiger partial charge in [-0.2, -0.15) is 0 Å². The molecule has 0 saturated carbocycles. The van der Waals surface area contributed by atoms with Crippen LogP contribution in [0.25, 0.3) is 0 Å². The summed E-state index contributed by atoms with van der Waals surface area (Å²) in [7, 11) is 0. The molecule has 4 N–H and O–H groups in total. The Balaban J connectivity index is 1.96. The first kappa shape index (κ1) is 13.1. The van der Waals surface area contributed by atoms with E-state index in [4.69, 9.17) is 16.2 Å². The molecule has 1 amide bonds. The monoisotopic (exact) mass is 256 g/mol. The number of carbonyl (C=O) groups is 1. The van der Waals surface area contributed by atoms with Gasteiger partial charge in [-0.1, -0.05) is 30.3 Å². The first-order chi connectivity index (χ1) is 9.16. The van der Waals surface area contributed by atoms with Crippen molar-refractivity contribution in [2.75, 3.05) is 5.73 Å². The van der Waals surface area contributed by atoms with Crippen LogP contribution in [0.1, 0.15) is 21.5 Å². The van der Waals surface area contributed by atoms with E-state index in [1.165, 1.54) is 0 Å². The second-order valence-corrected chi connectivity index (χ2v) is 4.26. The normalized spacial score (nSPS) is 10.3. The van der Waals surface area contributed by atoms with Gasteiger partial charge in [0.1, 0.15) is 0 Å². The fourth-order valence-electron chi connectivity index (χ4n) is 1.78. The Morgan fingerprint density at radius 2 is 1.68 bits per heavy atom. The minimum atomic E-state index is -0.438. The van der Waals surface area contributed by atoms with Crippen LogP contribution in [0.15, 0.2) is 48.5 Å². The van der Waals surface area contributed by atoms with E-state index >= 15 is 0 Å². The molecule has 2 rings (SSSR count). The zero-order valence-corrected chi connectivity index (χ0v) is 10.5. The van der Waals surface area contributed by atoms with Crippen LogP contribution in [0.3, 0.4) is 0 Å². The molecule has 4 nitrogen and oxygen atoms in total. The number of carbonyl (C=O) groups excluding carboxylic acids is 1. The molecular formula is C15H16N2O2. The van der Waals surface area contributed by atoms with E-state index in [1.807, 2.05) is 36.4 Å². The summed E-state index contributed by atoms with van der Waals surface area (Å²) in [6, 6.07) is 14.7. The molecule has 2 aromatic rings. The van der Waals surface area contributed by atoms with Crippen molar-refractivity contribution in [3.8, 4) is 0 Å². The highest BCUT2D eigenvalue weighted by molar-refractivity contribution is 5.94. The molecule has 0 aliphatic rings. The minimum Gasteiger partial charge on any atom is -0.399 e. The van der Waals surface area contributed by atoms with E-state index < -0.39 is 5.91 Å². The van der Waals surface area contributed by atoms with Crippen molar-refractivity contribution in [1.82, 2.24) is 0 Å². The molecule has 0 aromatic heterocycles. The molecule has 0 unspecified atom stereocenters. The Morgan fingerprint density at radius 3 is 2.37 bits per heavy atom. The second-order valence-electron chi connectivity index (χ2n) is 4.26. The summed E-state index contributed by atoms with van der Waals surface area (Å²) in [6.45, 7) is 0.816. The predicted molar refractivity (Wildman–Crippen MR) is 74.3 cm³/mol. The van der Waals surface area contributed by atoms with Gasteiger partial charge in [0, 0.05) is 11.3 Å². The fourth-order valence-corrected chi connectivity index (χ4v) is 1.78. The summed E-state index contributed by atoms with van der Waals surface area (Å²) in [5, 5.41) is 0. The Hall–Kier alpha value is -2.33. The van der Waals surface area contributed by atoms with Gasteiger partial charge >= 0.3 is 0 Å². The van der Waals surface area contributed by atoms with Gasteiger partial charge in [0.2, 0.25) is 5.91 Å². The van der Waals surface area contributed by atoms with Crippen LogP contribution >= 0.6 is 0 Å². The number of benzene rings is 2. The van der Waals surface area contributed by atoms with Crippen LogP contribution in [0, 0.1) is 0 Å². The van der Waals surface area contributed by atoms with Gasteiger partial charge in [-0.15, -0.1) is 0 Å². The average Bonchev–Trinajstić information content (AvgIpc) is 2.41. The Labute approximate surface area is 112 Å². The Bertz CT molecular complexity index is 565. The number of hydrogen-bond acceptors (Lipinski definition) is 3. The molecule has 19 heavy (non-hydrogen) atoms. The van der Waals surface area contributed by atoms with Gasteiger partial charge in [0.25, 0.3) is 0 Å². The minimum absolute atomic E-state index is 0.351.